The Hall–Kier alpha value is -1.68. The lowest BCUT2D eigenvalue weighted by atomic mass is 10.0. The van der Waals surface area contributed by atoms with Crippen LogP contribution in [-0.4, -0.2) is 12.9 Å². The average Bonchev–Trinajstić information content (AvgIpc) is 2.39. The second-order valence-corrected chi connectivity index (χ2v) is 4.98. The van der Waals surface area contributed by atoms with E-state index in [4.69, 9.17) is 4.74 Å². The lowest BCUT2D eigenvalue weighted by Crippen LogP contribution is -2.05. The van der Waals surface area contributed by atoms with Gasteiger partial charge in [0, 0.05) is 22.0 Å². The van der Waals surface area contributed by atoms with Crippen LogP contribution in [0, 0.1) is 5.82 Å². The number of halogens is 2. The third kappa shape index (κ3) is 3.41. The summed E-state index contributed by atoms with van der Waals surface area (Å²) in [5, 5.41) is 0. The molecule has 0 N–H and O–H groups in total. The standard InChI is InChI=1S/C15H12BrFO2/c1-19-15-6-5-12(16)7-11(15)9-14(18)10-3-2-4-13(17)8-10/h2-8H,9H2,1H3. The summed E-state index contributed by atoms with van der Waals surface area (Å²) < 4.78 is 19.2. The molecule has 0 aliphatic carbocycles. The number of hydrogen-bond donors (Lipinski definition) is 0. The number of ether oxygens (including phenoxy) is 1. The Morgan fingerprint density at radius 1 is 1.26 bits per heavy atom. The van der Waals surface area contributed by atoms with E-state index in [1.54, 1.807) is 19.2 Å². The molecule has 2 rings (SSSR count). The maximum absolute atomic E-state index is 13.1. The van der Waals surface area contributed by atoms with E-state index in [2.05, 4.69) is 15.9 Å². The van der Waals surface area contributed by atoms with Crippen molar-refractivity contribution in [2.45, 2.75) is 6.42 Å². The highest BCUT2D eigenvalue weighted by Gasteiger charge is 2.12. The van der Waals surface area contributed by atoms with E-state index in [0.717, 1.165) is 10.0 Å². The SMILES string of the molecule is COc1ccc(Br)cc1CC(=O)c1cccc(F)c1. The molecule has 2 aromatic rings. The molecule has 0 amide bonds. The Bertz CT molecular complexity index is 611. The van der Waals surface area contributed by atoms with E-state index in [9.17, 15) is 9.18 Å². The number of carbonyl (C=O) groups is 1. The van der Waals surface area contributed by atoms with Gasteiger partial charge in [0.1, 0.15) is 11.6 Å². The van der Waals surface area contributed by atoms with Crippen molar-refractivity contribution in [1.82, 2.24) is 0 Å². The van der Waals surface area contributed by atoms with Gasteiger partial charge >= 0.3 is 0 Å². The van der Waals surface area contributed by atoms with Gasteiger partial charge in [0.15, 0.2) is 5.78 Å². The zero-order valence-electron chi connectivity index (χ0n) is 10.3. The molecular formula is C15H12BrFO2. The highest BCUT2D eigenvalue weighted by molar-refractivity contribution is 9.10. The highest BCUT2D eigenvalue weighted by atomic mass is 79.9. The Kier molecular flexibility index (Phi) is 4.32. The average molecular weight is 323 g/mol. The van der Waals surface area contributed by atoms with E-state index in [-0.39, 0.29) is 12.2 Å². The summed E-state index contributed by atoms with van der Waals surface area (Å²) >= 11 is 3.36. The number of carbonyl (C=O) groups excluding carboxylic acids is 1. The van der Waals surface area contributed by atoms with Gasteiger partial charge in [0.25, 0.3) is 0 Å². The van der Waals surface area contributed by atoms with E-state index >= 15 is 0 Å². The summed E-state index contributed by atoms with van der Waals surface area (Å²) in [6, 6.07) is 11.2. The number of Topliss-reactive ketones (excluding diaryl/α,β-unsaturated/α-hetero) is 1. The van der Waals surface area contributed by atoms with Gasteiger partial charge in [-0.15, -0.1) is 0 Å². The molecule has 0 aliphatic heterocycles. The van der Waals surface area contributed by atoms with Crippen LogP contribution in [0.5, 0.6) is 5.75 Å². The van der Waals surface area contributed by atoms with Gasteiger partial charge in [-0.3, -0.25) is 4.79 Å². The molecule has 0 unspecified atom stereocenters. The Morgan fingerprint density at radius 3 is 2.74 bits per heavy atom. The number of hydrogen-bond acceptors (Lipinski definition) is 2. The van der Waals surface area contributed by atoms with Crippen molar-refractivity contribution in [3.63, 3.8) is 0 Å². The fraction of sp³-hybridized carbons (Fsp3) is 0.133. The van der Waals surface area contributed by atoms with E-state index in [1.807, 2.05) is 12.1 Å². The lowest BCUT2D eigenvalue weighted by Gasteiger charge is -2.08. The van der Waals surface area contributed by atoms with Crippen molar-refractivity contribution < 1.29 is 13.9 Å². The smallest absolute Gasteiger partial charge is 0.167 e. The van der Waals surface area contributed by atoms with E-state index in [0.29, 0.717) is 11.3 Å². The van der Waals surface area contributed by atoms with Crippen molar-refractivity contribution in [3.8, 4) is 5.75 Å². The van der Waals surface area contributed by atoms with Gasteiger partial charge in [-0.05, 0) is 30.3 Å². The molecule has 0 saturated carbocycles. The summed E-state index contributed by atoms with van der Waals surface area (Å²) in [6.45, 7) is 0. The molecule has 0 aliphatic rings. The Morgan fingerprint density at radius 2 is 2.05 bits per heavy atom. The second kappa shape index (κ2) is 5.97. The van der Waals surface area contributed by atoms with Crippen LogP contribution in [-0.2, 0) is 6.42 Å². The van der Waals surface area contributed by atoms with Gasteiger partial charge in [-0.1, -0.05) is 28.1 Å². The van der Waals surface area contributed by atoms with Crippen molar-refractivity contribution >= 4 is 21.7 Å². The zero-order chi connectivity index (χ0) is 13.8. The van der Waals surface area contributed by atoms with Crippen LogP contribution >= 0.6 is 15.9 Å². The molecule has 2 aromatic carbocycles. The molecule has 2 nitrogen and oxygen atoms in total. The summed E-state index contributed by atoms with van der Waals surface area (Å²) in [6.07, 6.45) is 0.173. The van der Waals surface area contributed by atoms with Crippen molar-refractivity contribution in [3.05, 3.63) is 63.9 Å². The summed E-state index contributed by atoms with van der Waals surface area (Å²) in [5.74, 6) is 0.0934. The topological polar surface area (TPSA) is 26.3 Å². The molecule has 0 saturated heterocycles. The molecule has 0 bridgehead atoms. The van der Waals surface area contributed by atoms with Gasteiger partial charge in [0.05, 0.1) is 7.11 Å². The van der Waals surface area contributed by atoms with Crippen LogP contribution in [0.2, 0.25) is 0 Å². The molecule has 19 heavy (non-hydrogen) atoms. The van der Waals surface area contributed by atoms with Crippen LogP contribution in [0.15, 0.2) is 46.9 Å². The second-order valence-electron chi connectivity index (χ2n) is 4.07. The molecule has 0 fully saturated rings. The van der Waals surface area contributed by atoms with Crippen molar-refractivity contribution in [1.29, 1.82) is 0 Å². The summed E-state index contributed by atoms with van der Waals surface area (Å²) in [7, 11) is 1.55. The number of methoxy groups -OCH3 is 1. The summed E-state index contributed by atoms with van der Waals surface area (Å²) in [5.41, 5.74) is 1.13. The molecule has 0 aromatic heterocycles. The van der Waals surface area contributed by atoms with Crippen LogP contribution < -0.4 is 4.74 Å². The largest absolute Gasteiger partial charge is 0.496 e. The number of benzene rings is 2. The quantitative estimate of drug-likeness (QED) is 0.795. The molecule has 4 heteroatoms. The normalized spacial score (nSPS) is 10.3. The Labute approximate surface area is 119 Å². The number of ketones is 1. The maximum atomic E-state index is 13.1. The van der Waals surface area contributed by atoms with Crippen LogP contribution in [0.1, 0.15) is 15.9 Å². The maximum Gasteiger partial charge on any atom is 0.167 e. The fourth-order valence-electron chi connectivity index (χ4n) is 1.82. The molecule has 0 radical (unpaired) electrons. The van der Waals surface area contributed by atoms with E-state index in [1.165, 1.54) is 18.2 Å². The van der Waals surface area contributed by atoms with Gasteiger partial charge < -0.3 is 4.74 Å². The minimum absolute atomic E-state index is 0.143. The highest BCUT2D eigenvalue weighted by Crippen LogP contribution is 2.24. The molecular weight excluding hydrogens is 311 g/mol. The predicted octanol–water partition coefficient (Wildman–Crippen LogP) is 4.02. The monoisotopic (exact) mass is 322 g/mol. The first-order chi connectivity index (χ1) is 9.10. The molecule has 0 heterocycles. The minimum Gasteiger partial charge on any atom is -0.496 e. The lowest BCUT2D eigenvalue weighted by molar-refractivity contribution is 0.0991. The first kappa shape index (κ1) is 13.7. The third-order valence-corrected chi connectivity index (χ3v) is 3.23. The molecule has 0 atom stereocenters. The van der Waals surface area contributed by atoms with Gasteiger partial charge in [-0.2, -0.15) is 0 Å². The third-order valence-electron chi connectivity index (χ3n) is 2.74. The molecule has 98 valence electrons. The van der Waals surface area contributed by atoms with Crippen molar-refractivity contribution in [2.75, 3.05) is 7.11 Å². The summed E-state index contributed by atoms with van der Waals surface area (Å²) in [4.78, 5) is 12.1. The van der Waals surface area contributed by atoms with Crippen LogP contribution in [0.25, 0.3) is 0 Å². The minimum atomic E-state index is -0.410. The first-order valence-electron chi connectivity index (χ1n) is 5.71. The first-order valence-corrected chi connectivity index (χ1v) is 6.50. The zero-order valence-corrected chi connectivity index (χ0v) is 11.9. The fourth-order valence-corrected chi connectivity index (χ4v) is 2.23. The van der Waals surface area contributed by atoms with Crippen LogP contribution in [0.4, 0.5) is 4.39 Å². The Balaban J connectivity index is 2.26. The van der Waals surface area contributed by atoms with Gasteiger partial charge in [0.2, 0.25) is 0 Å². The predicted molar refractivity (Wildman–Crippen MR) is 75.1 cm³/mol. The number of rotatable bonds is 4. The van der Waals surface area contributed by atoms with Gasteiger partial charge in [-0.25, -0.2) is 4.39 Å². The van der Waals surface area contributed by atoms with E-state index < -0.39 is 5.82 Å². The van der Waals surface area contributed by atoms with Crippen LogP contribution in [0.3, 0.4) is 0 Å². The van der Waals surface area contributed by atoms with Crippen molar-refractivity contribution in [2.24, 2.45) is 0 Å². The molecule has 0 spiro atoms.